The topological polar surface area (TPSA) is 35.6 Å². The van der Waals surface area contributed by atoms with Gasteiger partial charge in [0, 0.05) is 24.8 Å². The number of piperidine rings is 1. The first-order valence-corrected chi connectivity index (χ1v) is 9.15. The Morgan fingerprint density at radius 3 is 2.33 bits per heavy atom. The number of benzene rings is 1. The van der Waals surface area contributed by atoms with Gasteiger partial charge < -0.3 is 15.1 Å². The van der Waals surface area contributed by atoms with Crippen molar-refractivity contribution in [2.24, 2.45) is 0 Å². The summed E-state index contributed by atoms with van der Waals surface area (Å²) in [5, 5.41) is 3.09. The van der Waals surface area contributed by atoms with E-state index in [2.05, 4.69) is 39.4 Å². The summed E-state index contributed by atoms with van der Waals surface area (Å²) < 4.78 is 0. The number of nitrogens with one attached hydrogen (secondary N) is 1. The number of carbonyl (C=O) groups excluding carboxylic acids is 1. The zero-order chi connectivity index (χ0) is 15.7. The van der Waals surface area contributed by atoms with Crippen molar-refractivity contribution in [1.29, 1.82) is 0 Å². The number of carbonyl (C=O) groups is 1. The molecule has 2 aliphatic heterocycles. The molecular formula is C19H28ClN3O. The van der Waals surface area contributed by atoms with Gasteiger partial charge in [0.2, 0.25) is 5.91 Å². The van der Waals surface area contributed by atoms with E-state index in [1.807, 2.05) is 6.07 Å². The first-order chi connectivity index (χ1) is 11.3. The maximum Gasteiger partial charge on any atom is 0.247 e. The Kier molecular flexibility index (Phi) is 5.36. The summed E-state index contributed by atoms with van der Waals surface area (Å²) in [5.41, 5.74) is 0.837. The van der Waals surface area contributed by atoms with Crippen LogP contribution in [0.3, 0.4) is 0 Å². The van der Waals surface area contributed by atoms with Crippen LogP contribution in [0.1, 0.15) is 44.9 Å². The van der Waals surface area contributed by atoms with Crippen molar-refractivity contribution in [2.75, 3.05) is 24.7 Å². The Hall–Kier alpha value is -1.26. The van der Waals surface area contributed by atoms with Crippen LogP contribution >= 0.6 is 12.4 Å². The maximum absolute atomic E-state index is 12.6. The van der Waals surface area contributed by atoms with Crippen LogP contribution in [-0.4, -0.2) is 42.1 Å². The fourth-order valence-electron chi connectivity index (χ4n) is 4.74. The van der Waals surface area contributed by atoms with Gasteiger partial charge in [0.05, 0.1) is 6.67 Å². The van der Waals surface area contributed by atoms with Crippen LogP contribution in [0.2, 0.25) is 0 Å². The Morgan fingerprint density at radius 1 is 1.00 bits per heavy atom. The number of hydrogen-bond donors (Lipinski definition) is 1. The van der Waals surface area contributed by atoms with E-state index in [1.54, 1.807) is 0 Å². The molecule has 2 heterocycles. The standard InChI is InChI=1S/C19H27N3O.ClH/c23-18-19(22(15-20-18)17-9-5-2-6-10-17)11-13-21(14-12-19)16-7-3-1-4-8-16;/h2,5-6,9-10,16H,1,3-4,7-8,11-15H2,(H,20,23);1H. The Balaban J connectivity index is 0.00000169. The molecule has 3 fully saturated rings. The lowest BCUT2D eigenvalue weighted by molar-refractivity contribution is -0.125. The molecule has 1 N–H and O–H groups in total. The number of amides is 1. The molecule has 132 valence electrons. The lowest BCUT2D eigenvalue weighted by atomic mass is 9.83. The summed E-state index contributed by atoms with van der Waals surface area (Å²) in [6.07, 6.45) is 8.75. The van der Waals surface area contributed by atoms with E-state index in [4.69, 9.17) is 0 Å². The van der Waals surface area contributed by atoms with Gasteiger partial charge in [-0.15, -0.1) is 12.4 Å². The largest absolute Gasteiger partial charge is 0.339 e. The van der Waals surface area contributed by atoms with E-state index >= 15 is 0 Å². The number of hydrogen-bond acceptors (Lipinski definition) is 3. The van der Waals surface area contributed by atoms with E-state index in [-0.39, 0.29) is 23.9 Å². The van der Waals surface area contributed by atoms with Crippen LogP contribution in [0.25, 0.3) is 0 Å². The van der Waals surface area contributed by atoms with Crippen molar-refractivity contribution in [1.82, 2.24) is 10.2 Å². The third kappa shape index (κ3) is 3.02. The molecule has 4 nitrogen and oxygen atoms in total. The van der Waals surface area contributed by atoms with Gasteiger partial charge >= 0.3 is 0 Å². The Morgan fingerprint density at radius 2 is 1.67 bits per heavy atom. The van der Waals surface area contributed by atoms with E-state index < -0.39 is 0 Å². The average Bonchev–Trinajstić information content (AvgIpc) is 2.93. The molecule has 1 aromatic carbocycles. The molecule has 1 aromatic rings. The molecule has 0 bridgehead atoms. The highest BCUT2D eigenvalue weighted by atomic mass is 35.5. The van der Waals surface area contributed by atoms with Crippen LogP contribution < -0.4 is 10.2 Å². The molecule has 0 atom stereocenters. The summed E-state index contributed by atoms with van der Waals surface area (Å²) in [6, 6.07) is 11.2. The SMILES string of the molecule is Cl.O=C1NCN(c2ccccc2)C12CCN(C1CCCCC1)CC2. The fourth-order valence-corrected chi connectivity index (χ4v) is 4.74. The van der Waals surface area contributed by atoms with Crippen molar-refractivity contribution in [3.63, 3.8) is 0 Å². The zero-order valence-corrected chi connectivity index (χ0v) is 15.1. The monoisotopic (exact) mass is 349 g/mol. The summed E-state index contributed by atoms with van der Waals surface area (Å²) in [5.74, 6) is 0.227. The Labute approximate surface area is 151 Å². The van der Waals surface area contributed by atoms with Crippen molar-refractivity contribution in [3.05, 3.63) is 30.3 Å². The number of para-hydroxylation sites is 1. The molecular weight excluding hydrogens is 322 g/mol. The molecule has 1 spiro atoms. The van der Waals surface area contributed by atoms with Crippen LogP contribution in [0.15, 0.2) is 30.3 Å². The smallest absolute Gasteiger partial charge is 0.247 e. The molecule has 1 amide bonds. The van der Waals surface area contributed by atoms with Gasteiger partial charge in [-0.25, -0.2) is 0 Å². The van der Waals surface area contributed by atoms with Gasteiger partial charge in [-0.2, -0.15) is 0 Å². The van der Waals surface area contributed by atoms with Gasteiger partial charge in [0.25, 0.3) is 0 Å². The van der Waals surface area contributed by atoms with Gasteiger partial charge in [-0.3, -0.25) is 4.79 Å². The summed E-state index contributed by atoms with van der Waals surface area (Å²) >= 11 is 0. The van der Waals surface area contributed by atoms with Crippen LogP contribution in [0.5, 0.6) is 0 Å². The number of likely N-dealkylation sites (tertiary alicyclic amines) is 1. The second kappa shape index (κ2) is 7.32. The highest BCUT2D eigenvalue weighted by Gasteiger charge is 2.50. The lowest BCUT2D eigenvalue weighted by Gasteiger charge is -2.46. The molecule has 3 aliphatic rings. The predicted molar refractivity (Wildman–Crippen MR) is 99.6 cm³/mol. The van der Waals surface area contributed by atoms with E-state index in [0.717, 1.165) is 37.7 Å². The fraction of sp³-hybridized carbons (Fsp3) is 0.632. The van der Waals surface area contributed by atoms with Gasteiger partial charge in [0.15, 0.2) is 0 Å². The van der Waals surface area contributed by atoms with Crippen molar-refractivity contribution in [3.8, 4) is 0 Å². The predicted octanol–water partition coefficient (Wildman–Crippen LogP) is 3.17. The third-order valence-corrected chi connectivity index (χ3v) is 6.12. The Bertz CT molecular complexity index is 551. The minimum Gasteiger partial charge on any atom is -0.339 e. The van der Waals surface area contributed by atoms with Crippen molar-refractivity contribution >= 4 is 24.0 Å². The minimum atomic E-state index is -0.327. The highest BCUT2D eigenvalue weighted by molar-refractivity contribution is 5.93. The van der Waals surface area contributed by atoms with Crippen molar-refractivity contribution < 1.29 is 4.79 Å². The average molecular weight is 350 g/mol. The van der Waals surface area contributed by atoms with Crippen LogP contribution in [-0.2, 0) is 4.79 Å². The lowest BCUT2D eigenvalue weighted by Crippen LogP contribution is -2.58. The zero-order valence-electron chi connectivity index (χ0n) is 14.2. The van der Waals surface area contributed by atoms with E-state index in [0.29, 0.717) is 6.67 Å². The van der Waals surface area contributed by atoms with Gasteiger partial charge in [0.1, 0.15) is 5.54 Å². The first-order valence-electron chi connectivity index (χ1n) is 9.15. The summed E-state index contributed by atoms with van der Waals surface area (Å²) in [4.78, 5) is 17.6. The van der Waals surface area contributed by atoms with E-state index in [1.165, 1.54) is 32.1 Å². The molecule has 0 unspecified atom stereocenters. The molecule has 4 rings (SSSR count). The summed E-state index contributed by atoms with van der Waals surface area (Å²) in [7, 11) is 0. The normalized spacial score (nSPS) is 24.7. The highest BCUT2D eigenvalue weighted by Crippen LogP contribution is 2.37. The van der Waals surface area contributed by atoms with Crippen LogP contribution in [0, 0.1) is 0 Å². The number of halogens is 1. The van der Waals surface area contributed by atoms with Gasteiger partial charge in [-0.05, 0) is 37.8 Å². The summed E-state index contributed by atoms with van der Waals surface area (Å²) in [6.45, 7) is 2.76. The first kappa shape index (κ1) is 17.6. The maximum atomic E-state index is 12.6. The van der Waals surface area contributed by atoms with Crippen molar-refractivity contribution in [2.45, 2.75) is 56.5 Å². The number of nitrogens with zero attached hydrogens (tertiary/aromatic N) is 2. The second-order valence-electron chi connectivity index (χ2n) is 7.29. The molecule has 1 aliphatic carbocycles. The molecule has 24 heavy (non-hydrogen) atoms. The molecule has 2 saturated heterocycles. The molecule has 0 aromatic heterocycles. The molecule has 1 saturated carbocycles. The molecule has 5 heteroatoms. The number of rotatable bonds is 2. The quantitative estimate of drug-likeness (QED) is 0.890. The molecule has 0 radical (unpaired) electrons. The van der Waals surface area contributed by atoms with Gasteiger partial charge in [-0.1, -0.05) is 37.5 Å². The number of anilines is 1. The third-order valence-electron chi connectivity index (χ3n) is 6.12. The van der Waals surface area contributed by atoms with E-state index in [9.17, 15) is 4.79 Å². The van der Waals surface area contributed by atoms with Crippen LogP contribution in [0.4, 0.5) is 5.69 Å². The second-order valence-corrected chi connectivity index (χ2v) is 7.29. The minimum absolute atomic E-state index is 0.